The van der Waals surface area contributed by atoms with Gasteiger partial charge in [0.1, 0.15) is 5.75 Å². The zero-order valence-corrected chi connectivity index (χ0v) is 12.7. The number of carbonyl (C=O) groups is 2. The standard InChI is InChI=1S/C15H18N2O3S/c1-10-2-3-12-11(8-10)16-15(19)13(20-12)9-14(18)17-4-6-21-7-5-17/h2-3,8,13H,4-7,9H2,1H3,(H,16,19). The Morgan fingerprint density at radius 1 is 1.43 bits per heavy atom. The second kappa shape index (κ2) is 5.97. The maximum Gasteiger partial charge on any atom is 0.266 e. The largest absolute Gasteiger partial charge is 0.478 e. The number of anilines is 1. The van der Waals surface area contributed by atoms with Gasteiger partial charge < -0.3 is 15.0 Å². The van der Waals surface area contributed by atoms with E-state index in [-0.39, 0.29) is 18.2 Å². The Kier molecular flexibility index (Phi) is 4.05. The van der Waals surface area contributed by atoms with Crippen LogP contribution in [0.15, 0.2) is 18.2 Å². The van der Waals surface area contributed by atoms with Gasteiger partial charge in [-0.15, -0.1) is 0 Å². The summed E-state index contributed by atoms with van der Waals surface area (Å²) in [4.78, 5) is 26.1. The summed E-state index contributed by atoms with van der Waals surface area (Å²) < 4.78 is 5.70. The fourth-order valence-corrected chi connectivity index (χ4v) is 3.40. The number of hydrogen-bond donors (Lipinski definition) is 1. The van der Waals surface area contributed by atoms with Gasteiger partial charge in [0.25, 0.3) is 5.91 Å². The molecule has 2 heterocycles. The Bertz CT molecular complexity index is 570. The van der Waals surface area contributed by atoms with Crippen molar-refractivity contribution in [3.8, 4) is 5.75 Å². The molecule has 1 saturated heterocycles. The first kappa shape index (κ1) is 14.3. The van der Waals surface area contributed by atoms with Gasteiger partial charge >= 0.3 is 0 Å². The number of nitrogens with zero attached hydrogens (tertiary/aromatic N) is 1. The predicted molar refractivity (Wildman–Crippen MR) is 82.7 cm³/mol. The lowest BCUT2D eigenvalue weighted by Gasteiger charge is -2.30. The van der Waals surface area contributed by atoms with Gasteiger partial charge in [-0.3, -0.25) is 9.59 Å². The van der Waals surface area contributed by atoms with E-state index in [1.54, 1.807) is 0 Å². The van der Waals surface area contributed by atoms with Crippen LogP contribution in [0, 0.1) is 6.92 Å². The van der Waals surface area contributed by atoms with Crippen LogP contribution in [0.2, 0.25) is 0 Å². The predicted octanol–water partition coefficient (Wildman–Crippen LogP) is 1.66. The maximum atomic E-state index is 12.2. The molecule has 0 aliphatic carbocycles. The van der Waals surface area contributed by atoms with Crippen LogP contribution in [0.1, 0.15) is 12.0 Å². The van der Waals surface area contributed by atoms with Crippen LogP contribution < -0.4 is 10.1 Å². The van der Waals surface area contributed by atoms with E-state index in [4.69, 9.17) is 4.74 Å². The fourth-order valence-electron chi connectivity index (χ4n) is 2.50. The van der Waals surface area contributed by atoms with E-state index in [2.05, 4.69) is 5.32 Å². The summed E-state index contributed by atoms with van der Waals surface area (Å²) in [6, 6.07) is 5.63. The minimum absolute atomic E-state index is 0.00832. The fraction of sp³-hybridized carbons (Fsp3) is 0.467. The van der Waals surface area contributed by atoms with Crippen LogP contribution in [0.25, 0.3) is 0 Å². The average molecular weight is 306 g/mol. The number of ether oxygens (including phenoxy) is 1. The van der Waals surface area contributed by atoms with Crippen molar-refractivity contribution < 1.29 is 14.3 Å². The molecular formula is C15H18N2O3S. The van der Waals surface area contributed by atoms with Gasteiger partial charge in [-0.05, 0) is 24.6 Å². The number of carbonyl (C=O) groups excluding carboxylic acids is 2. The first-order chi connectivity index (χ1) is 10.1. The molecule has 2 aliphatic rings. The summed E-state index contributed by atoms with van der Waals surface area (Å²) >= 11 is 1.85. The zero-order chi connectivity index (χ0) is 14.8. The molecule has 1 fully saturated rings. The number of nitrogens with one attached hydrogen (secondary N) is 1. The highest BCUT2D eigenvalue weighted by Crippen LogP contribution is 2.31. The Labute approximate surface area is 128 Å². The highest BCUT2D eigenvalue weighted by molar-refractivity contribution is 7.99. The molecule has 1 atom stereocenters. The third-order valence-electron chi connectivity index (χ3n) is 3.68. The molecule has 0 spiro atoms. The third-order valence-corrected chi connectivity index (χ3v) is 4.62. The van der Waals surface area contributed by atoms with E-state index in [1.165, 1.54) is 0 Å². The molecule has 2 amide bonds. The lowest BCUT2D eigenvalue weighted by atomic mass is 10.1. The molecule has 3 rings (SSSR count). The molecule has 1 N–H and O–H groups in total. The van der Waals surface area contributed by atoms with Crippen molar-refractivity contribution in [3.05, 3.63) is 23.8 Å². The molecule has 0 radical (unpaired) electrons. The molecule has 5 nitrogen and oxygen atoms in total. The number of benzene rings is 1. The lowest BCUT2D eigenvalue weighted by molar-refractivity contribution is -0.136. The Balaban J connectivity index is 1.67. The van der Waals surface area contributed by atoms with Crippen LogP contribution in [0.4, 0.5) is 5.69 Å². The normalized spacial score (nSPS) is 21.3. The smallest absolute Gasteiger partial charge is 0.266 e. The zero-order valence-electron chi connectivity index (χ0n) is 11.9. The molecule has 1 aromatic rings. The Morgan fingerprint density at radius 3 is 2.95 bits per heavy atom. The highest BCUT2D eigenvalue weighted by atomic mass is 32.2. The maximum absolute atomic E-state index is 12.2. The number of thioether (sulfide) groups is 1. The van der Waals surface area contributed by atoms with Gasteiger partial charge in [-0.25, -0.2) is 0 Å². The van der Waals surface area contributed by atoms with Crippen LogP contribution in [-0.4, -0.2) is 47.4 Å². The van der Waals surface area contributed by atoms with E-state index in [0.29, 0.717) is 11.4 Å². The second-order valence-corrected chi connectivity index (χ2v) is 6.52. The highest BCUT2D eigenvalue weighted by Gasteiger charge is 2.31. The monoisotopic (exact) mass is 306 g/mol. The quantitative estimate of drug-likeness (QED) is 0.903. The van der Waals surface area contributed by atoms with Gasteiger partial charge in [0, 0.05) is 24.6 Å². The third kappa shape index (κ3) is 3.15. The molecule has 21 heavy (non-hydrogen) atoms. The Morgan fingerprint density at radius 2 is 2.19 bits per heavy atom. The number of rotatable bonds is 2. The molecular weight excluding hydrogens is 288 g/mol. The molecule has 112 valence electrons. The molecule has 0 aromatic heterocycles. The van der Waals surface area contributed by atoms with Gasteiger partial charge in [-0.2, -0.15) is 11.8 Å². The van der Waals surface area contributed by atoms with Crippen molar-refractivity contribution in [1.82, 2.24) is 4.90 Å². The van der Waals surface area contributed by atoms with Gasteiger partial charge in [0.15, 0.2) is 6.10 Å². The number of fused-ring (bicyclic) bond motifs is 1. The summed E-state index contributed by atoms with van der Waals surface area (Å²) in [5.41, 5.74) is 1.73. The average Bonchev–Trinajstić information content (AvgIpc) is 2.49. The lowest BCUT2D eigenvalue weighted by Crippen LogP contribution is -2.44. The van der Waals surface area contributed by atoms with Crippen LogP contribution in [-0.2, 0) is 9.59 Å². The molecule has 0 bridgehead atoms. The molecule has 6 heteroatoms. The van der Waals surface area contributed by atoms with E-state index in [1.807, 2.05) is 41.8 Å². The van der Waals surface area contributed by atoms with Gasteiger partial charge in [-0.1, -0.05) is 6.07 Å². The summed E-state index contributed by atoms with van der Waals surface area (Å²) in [6.45, 7) is 3.47. The summed E-state index contributed by atoms with van der Waals surface area (Å²) in [7, 11) is 0. The summed E-state index contributed by atoms with van der Waals surface area (Å²) in [6.07, 6.45) is -0.633. The SMILES string of the molecule is Cc1ccc2c(c1)NC(=O)C(CC(=O)N1CCSCC1)O2. The molecule has 2 aliphatic heterocycles. The summed E-state index contributed by atoms with van der Waals surface area (Å²) in [5.74, 6) is 2.31. The number of amides is 2. The minimum Gasteiger partial charge on any atom is -0.478 e. The minimum atomic E-state index is -0.734. The van der Waals surface area contributed by atoms with Crippen LogP contribution >= 0.6 is 11.8 Å². The van der Waals surface area contributed by atoms with Crippen molar-refractivity contribution in [2.75, 3.05) is 29.9 Å². The Hall–Kier alpha value is -1.69. The van der Waals surface area contributed by atoms with Crippen molar-refractivity contribution in [1.29, 1.82) is 0 Å². The molecule has 1 aromatic carbocycles. The van der Waals surface area contributed by atoms with Crippen LogP contribution in [0.5, 0.6) is 5.75 Å². The van der Waals surface area contributed by atoms with E-state index < -0.39 is 6.10 Å². The first-order valence-corrected chi connectivity index (χ1v) is 8.22. The van der Waals surface area contributed by atoms with Crippen molar-refractivity contribution in [2.24, 2.45) is 0 Å². The first-order valence-electron chi connectivity index (χ1n) is 7.07. The second-order valence-electron chi connectivity index (χ2n) is 5.29. The van der Waals surface area contributed by atoms with E-state index in [9.17, 15) is 9.59 Å². The van der Waals surface area contributed by atoms with Gasteiger partial charge in [0.05, 0.1) is 12.1 Å². The molecule has 1 unspecified atom stereocenters. The van der Waals surface area contributed by atoms with Crippen molar-refractivity contribution in [2.45, 2.75) is 19.4 Å². The number of aryl methyl sites for hydroxylation is 1. The van der Waals surface area contributed by atoms with E-state index in [0.717, 1.165) is 30.2 Å². The molecule has 0 saturated carbocycles. The van der Waals surface area contributed by atoms with E-state index >= 15 is 0 Å². The van der Waals surface area contributed by atoms with Crippen molar-refractivity contribution >= 4 is 29.3 Å². The topological polar surface area (TPSA) is 58.6 Å². The van der Waals surface area contributed by atoms with Crippen molar-refractivity contribution in [3.63, 3.8) is 0 Å². The van der Waals surface area contributed by atoms with Crippen LogP contribution in [0.3, 0.4) is 0 Å². The summed E-state index contributed by atoms with van der Waals surface area (Å²) in [5, 5.41) is 2.82. The van der Waals surface area contributed by atoms with Gasteiger partial charge in [0.2, 0.25) is 5.91 Å². The number of hydrogen-bond acceptors (Lipinski definition) is 4.